The van der Waals surface area contributed by atoms with Crippen molar-refractivity contribution in [2.24, 2.45) is 0 Å². The predicted octanol–water partition coefficient (Wildman–Crippen LogP) is 5.00. The van der Waals surface area contributed by atoms with Crippen LogP contribution in [0.1, 0.15) is 18.4 Å². The lowest BCUT2D eigenvalue weighted by Gasteiger charge is -2.12. The van der Waals surface area contributed by atoms with Crippen molar-refractivity contribution in [3.05, 3.63) is 60.3 Å². The van der Waals surface area contributed by atoms with Crippen LogP contribution in [0.2, 0.25) is 0 Å². The number of hydrogen-bond acceptors (Lipinski definition) is 4. The Balaban J connectivity index is 1.60. The van der Waals surface area contributed by atoms with E-state index in [4.69, 9.17) is 4.74 Å². The highest BCUT2D eigenvalue weighted by Crippen LogP contribution is 2.33. The Morgan fingerprint density at radius 3 is 2.96 bits per heavy atom. The van der Waals surface area contributed by atoms with Crippen LogP contribution in [-0.4, -0.2) is 38.2 Å². The zero-order valence-corrected chi connectivity index (χ0v) is 16.6. The second-order valence-corrected chi connectivity index (χ2v) is 8.16. The molecule has 3 heterocycles. The van der Waals surface area contributed by atoms with Gasteiger partial charge in [-0.3, -0.25) is 4.57 Å². The lowest BCUT2D eigenvalue weighted by molar-refractivity contribution is 0.129. The van der Waals surface area contributed by atoms with Crippen molar-refractivity contribution in [1.82, 2.24) is 19.7 Å². The molecule has 1 aliphatic rings. The summed E-state index contributed by atoms with van der Waals surface area (Å²) in [5.41, 5.74) is 4.46. The highest BCUT2D eigenvalue weighted by atomic mass is 32.2. The number of ether oxygens (including phenoxy) is 1. The molecule has 0 bridgehead atoms. The summed E-state index contributed by atoms with van der Waals surface area (Å²) in [5, 5.41) is 11.2. The van der Waals surface area contributed by atoms with E-state index in [1.807, 2.05) is 12.3 Å². The second kappa shape index (κ2) is 7.45. The summed E-state index contributed by atoms with van der Waals surface area (Å²) in [6.45, 7) is 2.98. The third-order valence-electron chi connectivity index (χ3n) is 5.15. The normalized spacial score (nSPS) is 16.8. The summed E-state index contributed by atoms with van der Waals surface area (Å²) in [6, 6.07) is 16.8. The number of rotatable bonds is 5. The van der Waals surface area contributed by atoms with Crippen LogP contribution in [0.25, 0.3) is 28.0 Å². The molecule has 2 aromatic heterocycles. The molecule has 1 fully saturated rings. The largest absolute Gasteiger partial charge is 0.377 e. The van der Waals surface area contributed by atoms with Gasteiger partial charge in [0.2, 0.25) is 0 Å². The molecule has 1 N–H and O–H groups in total. The zero-order chi connectivity index (χ0) is 18.9. The number of nitrogens with zero attached hydrogens (tertiary/aromatic N) is 3. The number of nitrogens with one attached hydrogen (secondary N) is 1. The topological polar surface area (TPSA) is 55.7 Å². The van der Waals surface area contributed by atoms with Gasteiger partial charge in [0.15, 0.2) is 11.0 Å². The highest BCUT2D eigenvalue weighted by Gasteiger charge is 2.21. The quantitative estimate of drug-likeness (QED) is 0.488. The van der Waals surface area contributed by atoms with Crippen molar-refractivity contribution >= 4 is 22.7 Å². The minimum Gasteiger partial charge on any atom is -0.377 e. The van der Waals surface area contributed by atoms with Gasteiger partial charge in [0.1, 0.15) is 0 Å². The molecule has 0 aliphatic carbocycles. The Labute approximate surface area is 168 Å². The molecule has 28 heavy (non-hydrogen) atoms. The van der Waals surface area contributed by atoms with E-state index in [1.165, 1.54) is 5.56 Å². The molecule has 1 atom stereocenters. The molecular formula is C22H22N4OS. The van der Waals surface area contributed by atoms with E-state index >= 15 is 0 Å². The van der Waals surface area contributed by atoms with Crippen LogP contribution in [0.4, 0.5) is 0 Å². The van der Waals surface area contributed by atoms with Crippen LogP contribution in [0, 0.1) is 6.92 Å². The summed E-state index contributed by atoms with van der Waals surface area (Å²) in [5.74, 6) is 1.76. The number of thioether (sulfide) groups is 1. The summed E-state index contributed by atoms with van der Waals surface area (Å²) in [4.78, 5) is 3.35. The fraction of sp³-hybridized carbons (Fsp3) is 0.273. The lowest BCUT2D eigenvalue weighted by Crippen LogP contribution is -2.09. The summed E-state index contributed by atoms with van der Waals surface area (Å²) in [7, 11) is 0. The first-order chi connectivity index (χ1) is 13.8. The molecule has 5 rings (SSSR count). The zero-order valence-electron chi connectivity index (χ0n) is 15.8. The Kier molecular flexibility index (Phi) is 4.66. The van der Waals surface area contributed by atoms with Crippen molar-refractivity contribution in [3.8, 4) is 17.1 Å². The van der Waals surface area contributed by atoms with Gasteiger partial charge in [0, 0.05) is 40.7 Å². The monoisotopic (exact) mass is 390 g/mol. The molecule has 0 saturated carbocycles. The predicted molar refractivity (Wildman–Crippen MR) is 113 cm³/mol. The molecule has 5 nitrogen and oxygen atoms in total. The maximum absolute atomic E-state index is 5.79. The molecular weight excluding hydrogens is 368 g/mol. The number of H-pyrrole nitrogens is 1. The second-order valence-electron chi connectivity index (χ2n) is 7.17. The molecule has 0 radical (unpaired) electrons. The molecule has 4 aromatic rings. The Morgan fingerprint density at radius 2 is 2.11 bits per heavy atom. The maximum Gasteiger partial charge on any atom is 0.196 e. The Hall–Kier alpha value is -2.57. The summed E-state index contributed by atoms with van der Waals surface area (Å²) in [6.07, 6.45) is 4.61. The maximum atomic E-state index is 5.79. The third kappa shape index (κ3) is 3.23. The van der Waals surface area contributed by atoms with E-state index in [2.05, 4.69) is 69.1 Å². The number of hydrogen-bond donors (Lipinski definition) is 1. The summed E-state index contributed by atoms with van der Waals surface area (Å²) < 4.78 is 7.96. The average Bonchev–Trinajstić information content (AvgIpc) is 3.45. The van der Waals surface area contributed by atoms with Crippen LogP contribution in [0.3, 0.4) is 0 Å². The van der Waals surface area contributed by atoms with Crippen molar-refractivity contribution < 1.29 is 4.74 Å². The molecule has 6 heteroatoms. The van der Waals surface area contributed by atoms with Crippen molar-refractivity contribution in [3.63, 3.8) is 0 Å². The van der Waals surface area contributed by atoms with Crippen LogP contribution in [0.5, 0.6) is 0 Å². The van der Waals surface area contributed by atoms with Crippen LogP contribution >= 0.6 is 11.8 Å². The smallest absolute Gasteiger partial charge is 0.196 e. The third-order valence-corrected chi connectivity index (χ3v) is 6.21. The van der Waals surface area contributed by atoms with Gasteiger partial charge in [-0.2, -0.15) is 0 Å². The number of para-hydroxylation sites is 1. The Bertz CT molecular complexity index is 1110. The first-order valence-corrected chi connectivity index (χ1v) is 10.6. The Morgan fingerprint density at radius 1 is 1.18 bits per heavy atom. The van der Waals surface area contributed by atoms with Crippen LogP contribution < -0.4 is 0 Å². The number of aromatic nitrogens is 4. The van der Waals surface area contributed by atoms with Crippen molar-refractivity contribution in [1.29, 1.82) is 0 Å². The first kappa shape index (κ1) is 17.5. The molecule has 0 amide bonds. The van der Waals surface area contributed by atoms with Crippen molar-refractivity contribution in [2.75, 3.05) is 12.4 Å². The summed E-state index contributed by atoms with van der Waals surface area (Å²) >= 11 is 1.72. The number of benzene rings is 2. The van der Waals surface area contributed by atoms with Gasteiger partial charge in [-0.1, -0.05) is 42.1 Å². The minimum atomic E-state index is 0.309. The van der Waals surface area contributed by atoms with E-state index < -0.39 is 0 Å². The molecule has 1 aliphatic heterocycles. The average molecular weight is 391 g/mol. The van der Waals surface area contributed by atoms with Crippen LogP contribution in [0.15, 0.2) is 59.9 Å². The molecule has 2 aromatic carbocycles. The molecule has 142 valence electrons. The van der Waals surface area contributed by atoms with Crippen LogP contribution in [-0.2, 0) is 4.74 Å². The van der Waals surface area contributed by atoms with Gasteiger partial charge in [0.25, 0.3) is 0 Å². The van der Waals surface area contributed by atoms with Gasteiger partial charge < -0.3 is 9.72 Å². The van der Waals surface area contributed by atoms with E-state index in [1.54, 1.807) is 11.8 Å². The SMILES string of the molecule is Cc1cccc(-n2c(SC[C@@H]3CCCO3)nnc2-c2c[nH]c3ccccc23)c1. The standard InChI is InChI=1S/C22H22N4OS/c1-15-6-4-7-16(12-15)26-21(19-13-23-20-10-3-2-9-18(19)20)24-25-22(26)28-14-17-8-5-11-27-17/h2-4,6-7,9-10,12-13,17,23H,5,8,11,14H2,1H3/t17-/m0/s1. The van der Waals surface area contributed by atoms with Gasteiger partial charge in [-0.15, -0.1) is 10.2 Å². The van der Waals surface area contributed by atoms with E-state index in [0.717, 1.165) is 58.3 Å². The fourth-order valence-electron chi connectivity index (χ4n) is 3.74. The van der Waals surface area contributed by atoms with Crippen molar-refractivity contribution in [2.45, 2.75) is 31.0 Å². The van der Waals surface area contributed by atoms with Gasteiger partial charge >= 0.3 is 0 Å². The molecule has 0 spiro atoms. The van der Waals surface area contributed by atoms with Gasteiger partial charge in [-0.25, -0.2) is 0 Å². The minimum absolute atomic E-state index is 0.309. The van der Waals surface area contributed by atoms with E-state index in [9.17, 15) is 0 Å². The lowest BCUT2D eigenvalue weighted by atomic mass is 10.1. The number of aromatic amines is 1. The van der Waals surface area contributed by atoms with E-state index in [0.29, 0.717) is 6.10 Å². The molecule has 1 saturated heterocycles. The number of aryl methyl sites for hydroxylation is 1. The van der Waals surface area contributed by atoms with Gasteiger partial charge in [-0.05, 0) is 43.5 Å². The first-order valence-electron chi connectivity index (χ1n) is 9.63. The highest BCUT2D eigenvalue weighted by molar-refractivity contribution is 7.99. The number of fused-ring (bicyclic) bond motifs is 1. The van der Waals surface area contributed by atoms with Gasteiger partial charge in [0.05, 0.1) is 6.10 Å². The van der Waals surface area contributed by atoms with E-state index in [-0.39, 0.29) is 0 Å². The molecule has 0 unspecified atom stereocenters. The fourth-order valence-corrected chi connectivity index (χ4v) is 4.75.